The zero-order chi connectivity index (χ0) is 17.3. The highest BCUT2D eigenvalue weighted by Gasteiger charge is 2.25. The predicted molar refractivity (Wildman–Crippen MR) is 105 cm³/mol. The smallest absolute Gasteiger partial charge is 0.256 e. The zero-order valence-corrected chi connectivity index (χ0v) is 17.0. The lowest BCUT2D eigenvalue weighted by molar-refractivity contribution is -0.110. The maximum Gasteiger partial charge on any atom is 0.256 e. The molecule has 0 saturated carbocycles. The van der Waals surface area contributed by atoms with Crippen LogP contribution in [0.4, 0.5) is 5.69 Å². The molecule has 4 nitrogen and oxygen atoms in total. The van der Waals surface area contributed by atoms with E-state index >= 15 is 0 Å². The van der Waals surface area contributed by atoms with Crippen molar-refractivity contribution in [3.8, 4) is 5.75 Å². The summed E-state index contributed by atoms with van der Waals surface area (Å²) in [5.41, 5.74) is 3.11. The Labute approximate surface area is 164 Å². The van der Waals surface area contributed by atoms with Crippen molar-refractivity contribution in [2.45, 2.75) is 0 Å². The second-order valence-electron chi connectivity index (χ2n) is 5.06. The van der Waals surface area contributed by atoms with Gasteiger partial charge in [0.25, 0.3) is 5.91 Å². The Balaban J connectivity index is 2.01. The molecule has 1 heterocycles. The number of halogens is 3. The Bertz CT molecular complexity index is 826. The van der Waals surface area contributed by atoms with Crippen LogP contribution in [0.1, 0.15) is 11.1 Å². The van der Waals surface area contributed by atoms with E-state index in [1.165, 1.54) is 0 Å². The number of hydrogen-bond donors (Lipinski definition) is 2. The first-order chi connectivity index (χ1) is 11.5. The van der Waals surface area contributed by atoms with Crippen LogP contribution in [0, 0.1) is 0 Å². The van der Waals surface area contributed by atoms with Gasteiger partial charge in [0.1, 0.15) is 12.4 Å². The number of carbonyl (C=O) groups is 1. The molecule has 0 atom stereocenters. The molecular formula is C17H12Br3NO3. The number of amides is 1. The van der Waals surface area contributed by atoms with Crippen molar-refractivity contribution < 1.29 is 14.6 Å². The molecule has 0 unspecified atom stereocenters. The summed E-state index contributed by atoms with van der Waals surface area (Å²) in [6.07, 6.45) is 1.83. The highest BCUT2D eigenvalue weighted by molar-refractivity contribution is 9.11. The summed E-state index contributed by atoms with van der Waals surface area (Å²) in [7, 11) is 0. The summed E-state index contributed by atoms with van der Waals surface area (Å²) in [4.78, 5) is 12.3. The van der Waals surface area contributed by atoms with Gasteiger partial charge in [-0.3, -0.25) is 4.79 Å². The average molecular weight is 518 g/mol. The van der Waals surface area contributed by atoms with Gasteiger partial charge in [-0.1, -0.05) is 12.1 Å². The summed E-state index contributed by atoms with van der Waals surface area (Å²) >= 11 is 10.4. The maximum absolute atomic E-state index is 12.3. The van der Waals surface area contributed by atoms with E-state index in [1.807, 2.05) is 36.4 Å². The maximum atomic E-state index is 12.3. The van der Waals surface area contributed by atoms with Crippen molar-refractivity contribution >= 4 is 71.0 Å². The quantitative estimate of drug-likeness (QED) is 0.571. The summed E-state index contributed by atoms with van der Waals surface area (Å²) in [6.45, 7) is 0.151. The van der Waals surface area contributed by atoms with E-state index in [0.29, 0.717) is 11.3 Å². The number of carbonyl (C=O) groups excluding carboxylic acids is 1. The molecule has 0 fully saturated rings. The molecule has 1 aliphatic rings. The molecule has 0 aromatic heterocycles. The molecule has 0 bridgehead atoms. The van der Waals surface area contributed by atoms with Crippen LogP contribution in [0.5, 0.6) is 5.75 Å². The topological polar surface area (TPSA) is 58.6 Å². The number of rotatable bonds is 4. The van der Waals surface area contributed by atoms with Crippen LogP contribution in [0.2, 0.25) is 0 Å². The van der Waals surface area contributed by atoms with Crippen molar-refractivity contribution in [3.63, 3.8) is 0 Å². The SMILES string of the molecule is O=C1Nc2c(Br)cccc2C1=Cc1cc(Br)c(OCCO)c(Br)c1. The predicted octanol–water partition coefficient (Wildman–Crippen LogP) is 4.84. The molecule has 2 aromatic rings. The second kappa shape index (κ2) is 7.39. The van der Waals surface area contributed by atoms with Crippen LogP contribution < -0.4 is 10.1 Å². The van der Waals surface area contributed by atoms with Crippen molar-refractivity contribution in [3.05, 3.63) is 54.9 Å². The second-order valence-corrected chi connectivity index (χ2v) is 7.62. The molecule has 0 aliphatic carbocycles. The van der Waals surface area contributed by atoms with Crippen LogP contribution in [0.25, 0.3) is 11.6 Å². The lowest BCUT2D eigenvalue weighted by Gasteiger charge is -2.10. The van der Waals surface area contributed by atoms with Crippen LogP contribution in [-0.2, 0) is 4.79 Å². The first kappa shape index (κ1) is 17.7. The minimum absolute atomic E-state index is 0.0590. The third kappa shape index (κ3) is 3.44. The van der Waals surface area contributed by atoms with E-state index in [0.717, 1.165) is 30.2 Å². The number of hydrogen-bond acceptors (Lipinski definition) is 3. The van der Waals surface area contributed by atoms with Crippen LogP contribution in [-0.4, -0.2) is 24.2 Å². The van der Waals surface area contributed by atoms with E-state index in [9.17, 15) is 4.79 Å². The number of nitrogens with one attached hydrogen (secondary N) is 1. The lowest BCUT2D eigenvalue weighted by Crippen LogP contribution is -2.04. The molecule has 0 radical (unpaired) electrons. The number of para-hydroxylation sites is 1. The zero-order valence-electron chi connectivity index (χ0n) is 12.3. The molecule has 1 aliphatic heterocycles. The Morgan fingerprint density at radius 3 is 2.50 bits per heavy atom. The number of ether oxygens (including phenoxy) is 1. The minimum Gasteiger partial charge on any atom is -0.489 e. The fraction of sp³-hybridized carbons (Fsp3) is 0.118. The number of benzene rings is 2. The Morgan fingerprint density at radius 2 is 1.83 bits per heavy atom. The molecular weight excluding hydrogens is 506 g/mol. The average Bonchev–Trinajstić information content (AvgIpc) is 2.84. The van der Waals surface area contributed by atoms with Crippen molar-refractivity contribution in [2.24, 2.45) is 0 Å². The summed E-state index contributed by atoms with van der Waals surface area (Å²) in [5, 5.41) is 11.8. The van der Waals surface area contributed by atoms with Crippen molar-refractivity contribution in [1.82, 2.24) is 0 Å². The van der Waals surface area contributed by atoms with E-state index in [2.05, 4.69) is 53.1 Å². The Kier molecular flexibility index (Phi) is 5.44. The third-order valence-electron chi connectivity index (χ3n) is 3.46. The molecule has 7 heteroatoms. The van der Waals surface area contributed by atoms with E-state index < -0.39 is 0 Å². The van der Waals surface area contributed by atoms with E-state index in [4.69, 9.17) is 9.84 Å². The summed E-state index contributed by atoms with van der Waals surface area (Å²) < 4.78 is 7.82. The van der Waals surface area contributed by atoms with Gasteiger partial charge in [-0.25, -0.2) is 0 Å². The molecule has 0 saturated heterocycles. The molecule has 3 rings (SSSR count). The number of fused-ring (bicyclic) bond motifs is 1. The highest BCUT2D eigenvalue weighted by atomic mass is 79.9. The largest absolute Gasteiger partial charge is 0.489 e. The molecule has 124 valence electrons. The van der Waals surface area contributed by atoms with Gasteiger partial charge in [-0.2, -0.15) is 0 Å². The summed E-state index contributed by atoms with van der Waals surface area (Å²) in [6, 6.07) is 9.44. The van der Waals surface area contributed by atoms with Crippen molar-refractivity contribution in [1.29, 1.82) is 0 Å². The molecule has 2 N–H and O–H groups in total. The standard InChI is InChI=1S/C17H12Br3NO3/c18-12-3-1-2-10-11(17(23)21-15(10)12)6-9-7-13(19)16(14(20)8-9)24-5-4-22/h1-3,6-8,22H,4-5H2,(H,21,23). The Morgan fingerprint density at radius 1 is 1.12 bits per heavy atom. The van der Waals surface area contributed by atoms with E-state index in [-0.39, 0.29) is 19.1 Å². The van der Waals surface area contributed by atoms with Crippen LogP contribution >= 0.6 is 47.8 Å². The lowest BCUT2D eigenvalue weighted by atomic mass is 10.0. The van der Waals surface area contributed by atoms with Gasteiger partial charge in [0.05, 0.1) is 21.2 Å². The first-order valence-corrected chi connectivity index (χ1v) is 9.44. The highest BCUT2D eigenvalue weighted by Crippen LogP contribution is 2.40. The Hall–Kier alpha value is -1.15. The van der Waals surface area contributed by atoms with Gasteiger partial charge >= 0.3 is 0 Å². The van der Waals surface area contributed by atoms with Gasteiger partial charge in [-0.05, 0) is 77.6 Å². The van der Waals surface area contributed by atoms with Crippen molar-refractivity contribution in [2.75, 3.05) is 18.5 Å². The van der Waals surface area contributed by atoms with Gasteiger partial charge in [-0.15, -0.1) is 0 Å². The van der Waals surface area contributed by atoms with Gasteiger partial charge < -0.3 is 15.2 Å². The summed E-state index contributed by atoms with van der Waals surface area (Å²) in [5.74, 6) is 0.481. The number of aliphatic hydroxyl groups is 1. The van der Waals surface area contributed by atoms with Crippen LogP contribution in [0.3, 0.4) is 0 Å². The number of aliphatic hydroxyl groups excluding tert-OH is 1. The van der Waals surface area contributed by atoms with Gasteiger partial charge in [0, 0.05) is 15.6 Å². The van der Waals surface area contributed by atoms with E-state index in [1.54, 1.807) is 0 Å². The molecule has 0 spiro atoms. The minimum atomic E-state index is -0.134. The molecule has 24 heavy (non-hydrogen) atoms. The monoisotopic (exact) mass is 515 g/mol. The number of anilines is 1. The normalized spacial score (nSPS) is 14.7. The fourth-order valence-electron chi connectivity index (χ4n) is 2.44. The fourth-order valence-corrected chi connectivity index (χ4v) is 4.35. The van der Waals surface area contributed by atoms with Crippen LogP contribution in [0.15, 0.2) is 43.7 Å². The van der Waals surface area contributed by atoms with Gasteiger partial charge in [0.15, 0.2) is 0 Å². The molecule has 1 amide bonds. The molecule has 2 aromatic carbocycles. The van der Waals surface area contributed by atoms with Gasteiger partial charge in [0.2, 0.25) is 0 Å². The third-order valence-corrected chi connectivity index (χ3v) is 5.30. The first-order valence-electron chi connectivity index (χ1n) is 7.06.